The Labute approximate surface area is 358 Å². The van der Waals surface area contributed by atoms with Crippen LogP contribution in [-0.4, -0.2) is 11.8 Å². The van der Waals surface area contributed by atoms with E-state index in [1.165, 1.54) is 118 Å². The van der Waals surface area contributed by atoms with E-state index >= 15 is 0 Å². The monoisotopic (exact) mass is 803 g/mol. The highest BCUT2D eigenvalue weighted by Gasteiger charge is 2.38. The Bertz CT molecular complexity index is 3670. The standard InChI is InChI=1S/C55H40BN2S2/c1-54(2,3)30-18-20-31(21-19-30)57-43-29-49-38(32-12-7-10-16-46(32)60-49)26-37(43)34-22-23-36-51-44(25-24-41-50(51)35-14-6-9-15-40(35)55(41,4)5)58-45-27-39-33-13-8-11-17-47(33)59-48(39)28-42(45)56-52(34)53(36)58/h6-29,57H,1-5H3. The predicted molar refractivity (Wildman–Crippen MR) is 263 cm³/mol. The first-order chi connectivity index (χ1) is 29.1. The third-order valence-corrected chi connectivity index (χ3v) is 15.8. The summed E-state index contributed by atoms with van der Waals surface area (Å²) in [5.74, 6) is 0. The number of hydrogen-bond donors (Lipinski definition) is 1. The van der Waals surface area contributed by atoms with Gasteiger partial charge in [0, 0.05) is 84.7 Å². The highest BCUT2D eigenvalue weighted by atomic mass is 32.1. The predicted octanol–water partition coefficient (Wildman–Crippen LogP) is 14.5. The smallest absolute Gasteiger partial charge is 0.197 e. The summed E-state index contributed by atoms with van der Waals surface area (Å²) >= 11 is 3.77. The average Bonchev–Trinajstić information content (AvgIpc) is 3.97. The van der Waals surface area contributed by atoms with E-state index in [1.54, 1.807) is 0 Å². The maximum absolute atomic E-state index is 3.94. The van der Waals surface area contributed by atoms with E-state index in [9.17, 15) is 0 Å². The third-order valence-electron chi connectivity index (χ3n) is 13.6. The second-order valence-electron chi connectivity index (χ2n) is 18.4. The van der Waals surface area contributed by atoms with Gasteiger partial charge >= 0.3 is 0 Å². The topological polar surface area (TPSA) is 17.0 Å². The molecule has 60 heavy (non-hydrogen) atoms. The molecule has 0 saturated carbocycles. The molecule has 2 nitrogen and oxygen atoms in total. The summed E-state index contributed by atoms with van der Waals surface area (Å²) < 4.78 is 7.86. The van der Waals surface area contributed by atoms with E-state index in [2.05, 4.69) is 197 Å². The molecular formula is C55H40BN2S2. The van der Waals surface area contributed by atoms with Gasteiger partial charge in [-0.25, -0.2) is 0 Å². The molecule has 2 aliphatic rings. The largest absolute Gasteiger partial charge is 0.355 e. The van der Waals surface area contributed by atoms with Crippen LogP contribution in [-0.2, 0) is 10.8 Å². The van der Waals surface area contributed by atoms with E-state index in [0.717, 1.165) is 11.4 Å². The van der Waals surface area contributed by atoms with E-state index < -0.39 is 0 Å². The molecule has 0 saturated heterocycles. The second-order valence-corrected chi connectivity index (χ2v) is 20.6. The van der Waals surface area contributed by atoms with Crippen LogP contribution in [0.2, 0.25) is 0 Å². The molecule has 0 fully saturated rings. The fraction of sp³-hybridized carbons (Fsp3) is 0.127. The molecule has 0 spiro atoms. The van der Waals surface area contributed by atoms with Crippen LogP contribution in [0.1, 0.15) is 51.3 Å². The average molecular weight is 804 g/mol. The van der Waals surface area contributed by atoms with Gasteiger partial charge in [-0.2, -0.15) is 0 Å². The van der Waals surface area contributed by atoms with Crippen molar-refractivity contribution in [1.82, 2.24) is 4.57 Å². The Kier molecular flexibility index (Phi) is 6.94. The van der Waals surface area contributed by atoms with E-state index in [4.69, 9.17) is 0 Å². The van der Waals surface area contributed by atoms with Crippen LogP contribution >= 0.6 is 22.7 Å². The van der Waals surface area contributed by atoms with Crippen molar-refractivity contribution in [3.05, 3.63) is 162 Å². The van der Waals surface area contributed by atoms with Gasteiger partial charge < -0.3 is 9.88 Å². The summed E-state index contributed by atoms with van der Waals surface area (Å²) in [7, 11) is 2.49. The lowest BCUT2D eigenvalue weighted by Gasteiger charge is -2.24. The van der Waals surface area contributed by atoms with Crippen LogP contribution < -0.4 is 16.2 Å². The molecular weight excluding hydrogens is 764 g/mol. The van der Waals surface area contributed by atoms with Gasteiger partial charge in [0.2, 0.25) is 0 Å². The Morgan fingerprint density at radius 2 is 1.25 bits per heavy atom. The molecule has 4 heterocycles. The lowest BCUT2D eigenvalue weighted by molar-refractivity contribution is 0.590. The van der Waals surface area contributed by atoms with Crippen LogP contribution in [0.4, 0.5) is 11.4 Å². The SMILES string of the molecule is CC(C)(C)c1ccc(Nc2cc3sc4ccccc4c3cc2-c2ccc3c4c5c(ccc4n4c3c2[B]c2cc3sc6ccccc6c3cc2-4)C(C)(C)c2ccccc2-5)cc1. The first-order valence-corrected chi connectivity index (χ1v) is 22.6. The number of hydrogen-bond acceptors (Lipinski definition) is 3. The Morgan fingerprint density at radius 1 is 0.567 bits per heavy atom. The molecule has 285 valence electrons. The Morgan fingerprint density at radius 3 is 2.00 bits per heavy atom. The molecule has 13 rings (SSSR count). The Balaban J connectivity index is 1.13. The summed E-state index contributed by atoms with van der Waals surface area (Å²) in [5, 5.41) is 11.9. The summed E-state index contributed by atoms with van der Waals surface area (Å²) in [6.07, 6.45) is 0. The maximum Gasteiger partial charge on any atom is 0.197 e. The zero-order chi connectivity index (χ0) is 40.2. The lowest BCUT2D eigenvalue weighted by Crippen LogP contribution is -2.37. The highest BCUT2D eigenvalue weighted by molar-refractivity contribution is 7.26. The van der Waals surface area contributed by atoms with Crippen molar-refractivity contribution in [3.63, 3.8) is 0 Å². The minimum atomic E-state index is -0.0896. The maximum atomic E-state index is 3.94. The summed E-state index contributed by atoms with van der Waals surface area (Å²) in [6, 6.07) is 55.3. The van der Waals surface area contributed by atoms with Crippen molar-refractivity contribution in [2.75, 3.05) is 5.32 Å². The normalized spacial score (nSPS) is 14.0. The van der Waals surface area contributed by atoms with Gasteiger partial charge in [-0.05, 0) is 98.9 Å². The summed E-state index contributed by atoms with van der Waals surface area (Å²) in [4.78, 5) is 0. The molecule has 1 N–H and O–H groups in total. The quantitative estimate of drug-likeness (QED) is 0.176. The minimum Gasteiger partial charge on any atom is -0.355 e. The molecule has 1 radical (unpaired) electrons. The number of nitrogens with one attached hydrogen (secondary N) is 1. The fourth-order valence-corrected chi connectivity index (χ4v) is 12.9. The van der Waals surface area contributed by atoms with Crippen molar-refractivity contribution in [3.8, 4) is 27.9 Å². The molecule has 0 atom stereocenters. The van der Waals surface area contributed by atoms with Crippen molar-refractivity contribution < 1.29 is 0 Å². The molecule has 8 aromatic carbocycles. The number of aromatic nitrogens is 1. The summed E-state index contributed by atoms with van der Waals surface area (Å²) in [5.41, 5.74) is 17.8. The molecule has 5 heteroatoms. The van der Waals surface area contributed by atoms with Crippen LogP contribution in [0.5, 0.6) is 0 Å². The molecule has 11 aromatic rings. The van der Waals surface area contributed by atoms with Gasteiger partial charge in [0.15, 0.2) is 7.28 Å². The minimum absolute atomic E-state index is 0.0850. The number of benzene rings is 8. The second kappa shape index (κ2) is 12.0. The number of thiophene rings is 2. The van der Waals surface area contributed by atoms with Crippen LogP contribution in [0, 0.1) is 0 Å². The third kappa shape index (κ3) is 4.71. The molecule has 0 amide bonds. The summed E-state index contributed by atoms with van der Waals surface area (Å²) in [6.45, 7) is 11.6. The van der Waals surface area contributed by atoms with E-state index in [-0.39, 0.29) is 10.8 Å². The number of anilines is 2. The molecule has 1 aliphatic heterocycles. The first-order valence-electron chi connectivity index (χ1n) is 21.0. The van der Waals surface area contributed by atoms with Crippen LogP contribution in [0.25, 0.3) is 90.1 Å². The van der Waals surface area contributed by atoms with E-state index in [1.807, 2.05) is 22.7 Å². The van der Waals surface area contributed by atoms with Crippen molar-refractivity contribution in [2.45, 2.75) is 45.4 Å². The molecule has 0 bridgehead atoms. The number of fused-ring (bicyclic) bond motifs is 15. The van der Waals surface area contributed by atoms with Crippen LogP contribution in [0.3, 0.4) is 0 Å². The number of rotatable bonds is 3. The Hall–Kier alpha value is -6.14. The lowest BCUT2D eigenvalue weighted by atomic mass is 9.59. The van der Waals surface area contributed by atoms with Crippen LogP contribution in [0.15, 0.2) is 146 Å². The zero-order valence-corrected chi connectivity index (χ0v) is 35.8. The van der Waals surface area contributed by atoms with E-state index in [0.29, 0.717) is 0 Å². The highest BCUT2D eigenvalue weighted by Crippen LogP contribution is 2.54. The van der Waals surface area contributed by atoms with Crippen molar-refractivity contribution in [2.24, 2.45) is 0 Å². The van der Waals surface area contributed by atoms with Gasteiger partial charge in [-0.1, -0.05) is 131 Å². The molecule has 3 aromatic heterocycles. The van der Waals surface area contributed by atoms with Crippen molar-refractivity contribution in [1.29, 1.82) is 0 Å². The molecule has 0 unspecified atom stereocenters. The fourth-order valence-electron chi connectivity index (χ4n) is 10.6. The number of nitrogens with zero attached hydrogens (tertiary/aromatic N) is 1. The van der Waals surface area contributed by atoms with Gasteiger partial charge in [-0.15, -0.1) is 22.7 Å². The molecule has 1 aliphatic carbocycles. The van der Waals surface area contributed by atoms with Gasteiger partial charge in [-0.3, -0.25) is 0 Å². The van der Waals surface area contributed by atoms with Crippen molar-refractivity contribution >= 4 is 114 Å². The zero-order valence-electron chi connectivity index (χ0n) is 34.2. The first kappa shape index (κ1) is 34.7. The van der Waals surface area contributed by atoms with Gasteiger partial charge in [0.25, 0.3) is 0 Å². The van der Waals surface area contributed by atoms with Gasteiger partial charge in [0.1, 0.15) is 0 Å². The van der Waals surface area contributed by atoms with Gasteiger partial charge in [0.05, 0.1) is 5.52 Å².